The molecule has 0 aliphatic carbocycles. The minimum Gasteiger partial charge on any atom is -0.351 e. The van der Waals surface area contributed by atoms with Crippen LogP contribution in [0, 0.1) is 0 Å². The van der Waals surface area contributed by atoms with E-state index in [9.17, 15) is 0 Å². The van der Waals surface area contributed by atoms with Crippen LogP contribution in [0.1, 0.15) is 6.92 Å². The Morgan fingerprint density at radius 2 is 2.45 bits per heavy atom. The van der Waals surface area contributed by atoms with E-state index in [1.807, 2.05) is 6.92 Å². The van der Waals surface area contributed by atoms with Crippen LogP contribution in [0.4, 0.5) is 5.95 Å². The van der Waals surface area contributed by atoms with Crippen molar-refractivity contribution in [1.29, 1.82) is 0 Å². The monoisotopic (exact) mass is 153 g/mol. The van der Waals surface area contributed by atoms with Crippen molar-refractivity contribution in [2.75, 3.05) is 11.9 Å². The zero-order valence-corrected chi connectivity index (χ0v) is 6.36. The van der Waals surface area contributed by atoms with Crippen LogP contribution < -0.4 is 11.1 Å². The highest BCUT2D eigenvalue weighted by atomic mass is 15.2. The van der Waals surface area contributed by atoms with Crippen LogP contribution in [0.3, 0.4) is 0 Å². The van der Waals surface area contributed by atoms with E-state index >= 15 is 0 Å². The smallest absolute Gasteiger partial charge is 0.242 e. The normalized spacial score (nSPS) is 12.5. The van der Waals surface area contributed by atoms with E-state index in [1.165, 1.54) is 6.20 Å². The van der Waals surface area contributed by atoms with Crippen molar-refractivity contribution in [1.82, 2.24) is 15.2 Å². The van der Waals surface area contributed by atoms with E-state index in [4.69, 9.17) is 5.73 Å². The molecule has 0 aliphatic heterocycles. The lowest BCUT2D eigenvalue weighted by Gasteiger charge is -2.05. The fourth-order valence-electron chi connectivity index (χ4n) is 0.581. The minimum absolute atomic E-state index is 0.0961. The molecule has 11 heavy (non-hydrogen) atoms. The highest BCUT2D eigenvalue weighted by Crippen LogP contribution is 1.90. The first-order valence-corrected chi connectivity index (χ1v) is 3.42. The van der Waals surface area contributed by atoms with E-state index in [0.29, 0.717) is 12.5 Å². The molecule has 3 N–H and O–H groups in total. The predicted molar refractivity (Wildman–Crippen MR) is 42.0 cm³/mol. The number of rotatable bonds is 3. The molecule has 1 rings (SSSR count). The molecule has 0 saturated carbocycles. The number of nitrogens with one attached hydrogen (secondary N) is 1. The number of nitrogens with zero attached hydrogens (tertiary/aromatic N) is 3. The molecule has 1 heterocycles. The lowest BCUT2D eigenvalue weighted by molar-refractivity contribution is 0.769. The van der Waals surface area contributed by atoms with Gasteiger partial charge < -0.3 is 11.1 Å². The Bertz CT molecular complexity index is 197. The fraction of sp³-hybridized carbons (Fsp3) is 0.500. The van der Waals surface area contributed by atoms with Crippen LogP contribution in [0.2, 0.25) is 0 Å². The van der Waals surface area contributed by atoms with Crippen molar-refractivity contribution in [3.8, 4) is 0 Å². The van der Waals surface area contributed by atoms with E-state index in [1.54, 1.807) is 6.20 Å². The first kappa shape index (κ1) is 7.87. The predicted octanol–water partition coefficient (Wildman–Crippen LogP) is -0.369. The van der Waals surface area contributed by atoms with Crippen LogP contribution in [0.5, 0.6) is 0 Å². The maximum absolute atomic E-state index is 5.50. The van der Waals surface area contributed by atoms with Gasteiger partial charge in [0.1, 0.15) is 0 Å². The van der Waals surface area contributed by atoms with Crippen molar-refractivity contribution in [3.63, 3.8) is 0 Å². The molecule has 0 saturated heterocycles. The second-order valence-corrected chi connectivity index (χ2v) is 2.32. The Kier molecular flexibility index (Phi) is 2.74. The summed E-state index contributed by atoms with van der Waals surface area (Å²) in [5, 5.41) is 10.3. The number of hydrogen-bond donors (Lipinski definition) is 2. The van der Waals surface area contributed by atoms with Gasteiger partial charge in [-0.2, -0.15) is 5.10 Å². The summed E-state index contributed by atoms with van der Waals surface area (Å²) >= 11 is 0. The molecular formula is C6H11N5. The molecule has 1 unspecified atom stereocenters. The molecular weight excluding hydrogens is 142 g/mol. The van der Waals surface area contributed by atoms with Gasteiger partial charge in [-0.3, -0.25) is 0 Å². The van der Waals surface area contributed by atoms with Gasteiger partial charge in [0.05, 0.1) is 12.4 Å². The summed E-state index contributed by atoms with van der Waals surface area (Å²) in [5.74, 6) is 0.518. The maximum Gasteiger partial charge on any atom is 0.242 e. The third-order valence-corrected chi connectivity index (χ3v) is 1.06. The van der Waals surface area contributed by atoms with Crippen molar-refractivity contribution < 1.29 is 0 Å². The van der Waals surface area contributed by atoms with Crippen molar-refractivity contribution >= 4 is 5.95 Å². The quantitative estimate of drug-likeness (QED) is 0.619. The average Bonchev–Trinajstić information content (AvgIpc) is 2.03. The van der Waals surface area contributed by atoms with Crippen LogP contribution in [0.25, 0.3) is 0 Å². The first-order valence-electron chi connectivity index (χ1n) is 3.42. The van der Waals surface area contributed by atoms with E-state index in [0.717, 1.165) is 0 Å². The van der Waals surface area contributed by atoms with Gasteiger partial charge in [0.15, 0.2) is 0 Å². The molecule has 5 heteroatoms. The minimum atomic E-state index is 0.0961. The summed E-state index contributed by atoms with van der Waals surface area (Å²) in [6, 6.07) is 0.0961. The Morgan fingerprint density at radius 3 is 3.00 bits per heavy atom. The van der Waals surface area contributed by atoms with Gasteiger partial charge in [0, 0.05) is 12.6 Å². The number of aromatic nitrogens is 3. The topological polar surface area (TPSA) is 76.7 Å². The van der Waals surface area contributed by atoms with Crippen molar-refractivity contribution in [2.45, 2.75) is 13.0 Å². The van der Waals surface area contributed by atoms with Gasteiger partial charge in [0.25, 0.3) is 0 Å². The standard InChI is InChI=1S/C6H11N5/c1-5(7)4-9-6-8-2-3-10-11-6/h2-3,5H,4,7H2,1H3,(H,8,9,11). The van der Waals surface area contributed by atoms with Crippen LogP contribution >= 0.6 is 0 Å². The SMILES string of the molecule is CC(N)CNc1nccnn1. The van der Waals surface area contributed by atoms with Crippen LogP contribution in [-0.4, -0.2) is 27.8 Å². The van der Waals surface area contributed by atoms with Gasteiger partial charge >= 0.3 is 0 Å². The summed E-state index contributed by atoms with van der Waals surface area (Å²) < 4.78 is 0. The van der Waals surface area contributed by atoms with Crippen LogP contribution in [-0.2, 0) is 0 Å². The van der Waals surface area contributed by atoms with Gasteiger partial charge in [-0.05, 0) is 6.92 Å². The Hall–Kier alpha value is -1.23. The average molecular weight is 153 g/mol. The largest absolute Gasteiger partial charge is 0.351 e. The zero-order valence-electron chi connectivity index (χ0n) is 6.36. The lowest BCUT2D eigenvalue weighted by Crippen LogP contribution is -2.25. The molecule has 0 fully saturated rings. The Balaban J connectivity index is 2.39. The molecule has 0 radical (unpaired) electrons. The van der Waals surface area contributed by atoms with E-state index in [-0.39, 0.29) is 6.04 Å². The zero-order chi connectivity index (χ0) is 8.10. The summed E-state index contributed by atoms with van der Waals surface area (Å²) in [6.45, 7) is 2.56. The van der Waals surface area contributed by atoms with E-state index in [2.05, 4.69) is 20.5 Å². The highest BCUT2D eigenvalue weighted by Gasteiger charge is 1.95. The van der Waals surface area contributed by atoms with Crippen molar-refractivity contribution in [3.05, 3.63) is 12.4 Å². The molecule has 60 valence electrons. The molecule has 0 bridgehead atoms. The molecule has 0 aromatic carbocycles. The summed E-state index contributed by atoms with van der Waals surface area (Å²) in [7, 11) is 0. The van der Waals surface area contributed by atoms with Gasteiger partial charge in [0.2, 0.25) is 5.95 Å². The molecule has 0 aliphatic rings. The maximum atomic E-state index is 5.50. The van der Waals surface area contributed by atoms with Gasteiger partial charge in [-0.25, -0.2) is 4.98 Å². The third kappa shape index (κ3) is 2.90. The summed E-state index contributed by atoms with van der Waals surface area (Å²) in [6.07, 6.45) is 3.10. The molecule has 1 aromatic heterocycles. The molecule has 1 atom stereocenters. The lowest BCUT2D eigenvalue weighted by atomic mass is 10.4. The third-order valence-electron chi connectivity index (χ3n) is 1.06. The molecule has 0 spiro atoms. The Morgan fingerprint density at radius 1 is 1.64 bits per heavy atom. The first-order chi connectivity index (χ1) is 5.29. The van der Waals surface area contributed by atoms with Crippen molar-refractivity contribution in [2.24, 2.45) is 5.73 Å². The number of hydrogen-bond acceptors (Lipinski definition) is 5. The number of nitrogens with two attached hydrogens (primary N) is 1. The summed E-state index contributed by atoms with van der Waals surface area (Å²) in [5.41, 5.74) is 5.50. The Labute approximate surface area is 65.0 Å². The highest BCUT2D eigenvalue weighted by molar-refractivity contribution is 5.20. The van der Waals surface area contributed by atoms with Crippen LogP contribution in [0.15, 0.2) is 12.4 Å². The van der Waals surface area contributed by atoms with Gasteiger partial charge in [-0.1, -0.05) is 0 Å². The molecule has 0 amide bonds. The number of anilines is 1. The molecule has 1 aromatic rings. The fourth-order valence-corrected chi connectivity index (χ4v) is 0.581. The second kappa shape index (κ2) is 3.82. The summed E-state index contributed by atoms with van der Waals surface area (Å²) in [4.78, 5) is 3.91. The second-order valence-electron chi connectivity index (χ2n) is 2.32. The molecule has 5 nitrogen and oxygen atoms in total. The van der Waals surface area contributed by atoms with Gasteiger partial charge in [-0.15, -0.1) is 5.10 Å². The van der Waals surface area contributed by atoms with E-state index < -0.39 is 0 Å².